The molecule has 1 aromatic heterocycles. The van der Waals surface area contributed by atoms with Crippen molar-refractivity contribution in [3.63, 3.8) is 0 Å². The highest BCUT2D eigenvalue weighted by Crippen LogP contribution is 2.30. The third-order valence-corrected chi connectivity index (χ3v) is 5.92. The summed E-state index contributed by atoms with van der Waals surface area (Å²) in [6.45, 7) is 1.02. The summed E-state index contributed by atoms with van der Waals surface area (Å²) in [5.41, 5.74) is 1.84. The number of likely N-dealkylation sites (tertiary alicyclic amines) is 1. The molecule has 0 N–H and O–H groups in total. The monoisotopic (exact) mass is 377 g/mol. The fourth-order valence-corrected chi connectivity index (χ4v) is 4.44. The lowest BCUT2D eigenvalue weighted by atomic mass is 9.94. The lowest BCUT2D eigenvalue weighted by molar-refractivity contribution is -0.130. The molecule has 1 aliphatic carbocycles. The van der Waals surface area contributed by atoms with Crippen LogP contribution >= 0.6 is 0 Å². The molecular formula is C23H27N3O2. The van der Waals surface area contributed by atoms with Crippen molar-refractivity contribution in [1.82, 2.24) is 9.88 Å². The van der Waals surface area contributed by atoms with Gasteiger partial charge in [-0.05, 0) is 36.6 Å². The molecule has 0 radical (unpaired) electrons. The summed E-state index contributed by atoms with van der Waals surface area (Å²) in [5.74, 6) is -0.104. The Hall–Kier alpha value is -2.69. The van der Waals surface area contributed by atoms with Crippen LogP contribution in [0.15, 0.2) is 54.9 Å². The van der Waals surface area contributed by atoms with Gasteiger partial charge in [0.1, 0.15) is 0 Å². The van der Waals surface area contributed by atoms with Crippen molar-refractivity contribution in [1.29, 1.82) is 0 Å². The Kier molecular flexibility index (Phi) is 5.70. The van der Waals surface area contributed by atoms with Gasteiger partial charge in [-0.15, -0.1) is 0 Å². The maximum Gasteiger partial charge on any atom is 0.232 e. The molecule has 1 aliphatic heterocycles. The number of aromatic nitrogens is 1. The lowest BCUT2D eigenvalue weighted by Gasteiger charge is -2.31. The molecule has 2 amide bonds. The summed E-state index contributed by atoms with van der Waals surface area (Å²) in [4.78, 5) is 34.1. The second-order valence-corrected chi connectivity index (χ2v) is 7.86. The van der Waals surface area contributed by atoms with Crippen LogP contribution in [0.2, 0.25) is 0 Å². The number of carbonyl (C=O) groups is 2. The van der Waals surface area contributed by atoms with E-state index < -0.39 is 0 Å². The zero-order valence-corrected chi connectivity index (χ0v) is 16.2. The Balaban J connectivity index is 1.53. The van der Waals surface area contributed by atoms with Gasteiger partial charge in [0.05, 0.1) is 12.5 Å². The van der Waals surface area contributed by atoms with E-state index in [1.54, 1.807) is 17.3 Å². The van der Waals surface area contributed by atoms with E-state index in [0.717, 1.165) is 24.1 Å². The molecule has 1 aromatic carbocycles. The van der Waals surface area contributed by atoms with Crippen LogP contribution in [0.3, 0.4) is 0 Å². The normalized spacial score (nSPS) is 20.4. The number of hydrogen-bond acceptors (Lipinski definition) is 3. The summed E-state index contributed by atoms with van der Waals surface area (Å²) in [6.07, 6.45) is 9.62. The standard InChI is InChI=1S/C23H27N3O2/c27-22-14-19(17-25(22)20-9-3-1-4-10-20)23(28)26(21-11-5-2-6-12-21)16-18-8-7-13-24-15-18/h2,5-8,11-13,15,19-20H,1,3-4,9-10,14,16-17H2. The Morgan fingerprint density at radius 2 is 1.86 bits per heavy atom. The Morgan fingerprint density at radius 1 is 1.07 bits per heavy atom. The van der Waals surface area contributed by atoms with Crippen LogP contribution in [-0.2, 0) is 16.1 Å². The van der Waals surface area contributed by atoms with Gasteiger partial charge < -0.3 is 9.80 Å². The van der Waals surface area contributed by atoms with Crippen LogP contribution in [0.4, 0.5) is 5.69 Å². The molecule has 2 aromatic rings. The molecule has 1 atom stereocenters. The van der Waals surface area contributed by atoms with Crippen LogP contribution in [0.5, 0.6) is 0 Å². The summed E-state index contributed by atoms with van der Waals surface area (Å²) >= 11 is 0. The van der Waals surface area contributed by atoms with Crippen LogP contribution in [0, 0.1) is 5.92 Å². The van der Waals surface area contributed by atoms with Crippen molar-refractivity contribution in [2.75, 3.05) is 11.4 Å². The molecule has 0 bridgehead atoms. The van der Waals surface area contributed by atoms with E-state index in [0.29, 0.717) is 25.6 Å². The lowest BCUT2D eigenvalue weighted by Crippen LogP contribution is -2.40. The molecule has 2 heterocycles. The molecule has 146 valence electrons. The SMILES string of the molecule is O=C(C1CC(=O)N(C2CCCCC2)C1)N(Cc1cccnc1)c1ccccc1. The molecule has 2 aliphatic rings. The number of anilines is 1. The zero-order chi connectivity index (χ0) is 19.3. The van der Waals surface area contributed by atoms with Crippen molar-refractivity contribution >= 4 is 17.5 Å². The molecule has 1 unspecified atom stereocenters. The van der Waals surface area contributed by atoms with E-state index >= 15 is 0 Å². The first kappa shape index (κ1) is 18.7. The number of carbonyl (C=O) groups excluding carboxylic acids is 2. The van der Waals surface area contributed by atoms with Crippen molar-refractivity contribution < 1.29 is 9.59 Å². The van der Waals surface area contributed by atoms with Gasteiger partial charge in [0.15, 0.2) is 0 Å². The van der Waals surface area contributed by atoms with Crippen molar-refractivity contribution in [2.24, 2.45) is 5.92 Å². The summed E-state index contributed by atoms with van der Waals surface area (Å²) < 4.78 is 0. The third kappa shape index (κ3) is 4.08. The van der Waals surface area contributed by atoms with Gasteiger partial charge in [0.2, 0.25) is 11.8 Å². The van der Waals surface area contributed by atoms with Gasteiger partial charge in [-0.2, -0.15) is 0 Å². The van der Waals surface area contributed by atoms with Gasteiger partial charge in [-0.3, -0.25) is 14.6 Å². The average molecular weight is 377 g/mol. The van der Waals surface area contributed by atoms with Crippen LogP contribution in [-0.4, -0.2) is 34.3 Å². The van der Waals surface area contributed by atoms with Gasteiger partial charge in [0, 0.05) is 37.1 Å². The Bertz CT molecular complexity index is 803. The van der Waals surface area contributed by atoms with Crippen LogP contribution in [0.25, 0.3) is 0 Å². The highest BCUT2D eigenvalue weighted by atomic mass is 16.2. The number of rotatable bonds is 5. The molecule has 0 spiro atoms. The predicted molar refractivity (Wildman–Crippen MR) is 109 cm³/mol. The van der Waals surface area contributed by atoms with Crippen LogP contribution in [0.1, 0.15) is 44.1 Å². The number of amides is 2. The van der Waals surface area contributed by atoms with E-state index in [1.165, 1.54) is 19.3 Å². The minimum absolute atomic E-state index is 0.0294. The molecule has 5 nitrogen and oxygen atoms in total. The van der Waals surface area contributed by atoms with Crippen molar-refractivity contribution in [2.45, 2.75) is 51.1 Å². The minimum atomic E-state index is -0.272. The Labute approximate surface area is 166 Å². The molecular weight excluding hydrogens is 350 g/mol. The average Bonchev–Trinajstić information content (AvgIpc) is 3.15. The molecule has 2 fully saturated rings. The Morgan fingerprint density at radius 3 is 2.57 bits per heavy atom. The molecule has 4 rings (SSSR count). The highest BCUT2D eigenvalue weighted by molar-refractivity contribution is 5.99. The second-order valence-electron chi connectivity index (χ2n) is 7.86. The van der Waals surface area contributed by atoms with E-state index in [1.807, 2.05) is 47.4 Å². The molecule has 1 saturated heterocycles. The smallest absolute Gasteiger partial charge is 0.232 e. The zero-order valence-electron chi connectivity index (χ0n) is 16.2. The fraction of sp³-hybridized carbons (Fsp3) is 0.435. The molecule has 1 saturated carbocycles. The molecule has 5 heteroatoms. The fourth-order valence-electron chi connectivity index (χ4n) is 4.44. The minimum Gasteiger partial charge on any atom is -0.339 e. The number of hydrogen-bond donors (Lipinski definition) is 0. The third-order valence-electron chi connectivity index (χ3n) is 5.92. The predicted octanol–water partition coefficient (Wildman–Crippen LogP) is 3.80. The maximum atomic E-state index is 13.5. The van der Waals surface area contributed by atoms with E-state index in [9.17, 15) is 9.59 Å². The van der Waals surface area contributed by atoms with Gasteiger partial charge in [-0.25, -0.2) is 0 Å². The number of benzene rings is 1. The summed E-state index contributed by atoms with van der Waals surface area (Å²) in [6, 6.07) is 13.9. The van der Waals surface area contributed by atoms with Crippen LogP contribution < -0.4 is 4.90 Å². The summed E-state index contributed by atoms with van der Waals surface area (Å²) in [5, 5.41) is 0. The van der Waals surface area contributed by atoms with E-state index in [-0.39, 0.29) is 17.7 Å². The highest BCUT2D eigenvalue weighted by Gasteiger charge is 2.40. The quantitative estimate of drug-likeness (QED) is 0.796. The van der Waals surface area contributed by atoms with Gasteiger partial charge in [-0.1, -0.05) is 43.5 Å². The molecule has 28 heavy (non-hydrogen) atoms. The largest absolute Gasteiger partial charge is 0.339 e. The maximum absolute atomic E-state index is 13.5. The first-order valence-electron chi connectivity index (χ1n) is 10.3. The number of para-hydroxylation sites is 1. The summed E-state index contributed by atoms with van der Waals surface area (Å²) in [7, 11) is 0. The number of pyridine rings is 1. The topological polar surface area (TPSA) is 53.5 Å². The van der Waals surface area contributed by atoms with Gasteiger partial charge in [0.25, 0.3) is 0 Å². The van der Waals surface area contributed by atoms with Crippen molar-refractivity contribution in [3.8, 4) is 0 Å². The van der Waals surface area contributed by atoms with Gasteiger partial charge >= 0.3 is 0 Å². The van der Waals surface area contributed by atoms with E-state index in [4.69, 9.17) is 0 Å². The number of nitrogens with zero attached hydrogens (tertiary/aromatic N) is 3. The second kappa shape index (κ2) is 8.55. The first-order valence-corrected chi connectivity index (χ1v) is 10.3. The first-order chi connectivity index (χ1) is 13.7. The van der Waals surface area contributed by atoms with Crippen molar-refractivity contribution in [3.05, 3.63) is 60.4 Å². The van der Waals surface area contributed by atoms with E-state index in [2.05, 4.69) is 4.98 Å².